The molecule has 0 aliphatic rings. The summed E-state index contributed by atoms with van der Waals surface area (Å²) in [4.78, 5) is 4.30. The molecule has 90 valence electrons. The minimum absolute atomic E-state index is 0.500. The predicted octanol–water partition coefficient (Wildman–Crippen LogP) is 1.71. The summed E-state index contributed by atoms with van der Waals surface area (Å²) in [7, 11) is 1.87. The Kier molecular flexibility index (Phi) is 3.24. The smallest absolute Gasteiger partial charge is 0.0832 e. The number of rotatable bonds is 3. The van der Waals surface area contributed by atoms with E-state index in [1.165, 1.54) is 0 Å². The van der Waals surface area contributed by atoms with Crippen LogP contribution >= 0.6 is 0 Å². The van der Waals surface area contributed by atoms with Crippen LogP contribution in [0.5, 0.6) is 0 Å². The molecule has 2 aromatic rings. The van der Waals surface area contributed by atoms with E-state index >= 15 is 0 Å². The Hall–Kier alpha value is -1.68. The van der Waals surface area contributed by atoms with Crippen molar-refractivity contribution in [1.29, 1.82) is 0 Å². The first-order valence-electron chi connectivity index (χ1n) is 5.65. The van der Waals surface area contributed by atoms with Crippen molar-refractivity contribution in [2.75, 3.05) is 0 Å². The first-order valence-corrected chi connectivity index (χ1v) is 5.65. The molecule has 0 saturated heterocycles. The van der Waals surface area contributed by atoms with E-state index in [-0.39, 0.29) is 0 Å². The molecule has 1 unspecified atom stereocenters. The van der Waals surface area contributed by atoms with Gasteiger partial charge in [0.05, 0.1) is 12.3 Å². The van der Waals surface area contributed by atoms with Crippen LogP contribution in [-0.4, -0.2) is 19.9 Å². The molecule has 2 heterocycles. The molecule has 4 heteroatoms. The average molecular weight is 231 g/mol. The van der Waals surface area contributed by atoms with E-state index in [2.05, 4.69) is 10.1 Å². The second kappa shape index (κ2) is 4.67. The lowest BCUT2D eigenvalue weighted by atomic mass is 10.0. The highest BCUT2D eigenvalue weighted by atomic mass is 16.3. The fraction of sp³-hybridized carbons (Fsp3) is 0.385. The van der Waals surface area contributed by atoms with E-state index in [4.69, 9.17) is 0 Å². The molecule has 0 spiro atoms. The largest absolute Gasteiger partial charge is 0.388 e. The summed E-state index contributed by atoms with van der Waals surface area (Å²) in [5.41, 5.74) is 3.82. The fourth-order valence-electron chi connectivity index (χ4n) is 1.98. The molecule has 1 N–H and O–H groups in total. The number of hydrogen-bond donors (Lipinski definition) is 1. The van der Waals surface area contributed by atoms with Gasteiger partial charge in [-0.2, -0.15) is 5.10 Å². The van der Waals surface area contributed by atoms with Crippen LogP contribution in [0, 0.1) is 13.8 Å². The van der Waals surface area contributed by atoms with Crippen molar-refractivity contribution in [3.63, 3.8) is 0 Å². The highest BCUT2D eigenvalue weighted by molar-refractivity contribution is 5.24. The molecule has 1 atom stereocenters. The predicted molar refractivity (Wildman–Crippen MR) is 65.6 cm³/mol. The van der Waals surface area contributed by atoms with Crippen LogP contribution in [0.2, 0.25) is 0 Å². The molecular weight excluding hydrogens is 214 g/mol. The minimum atomic E-state index is -0.500. The molecule has 0 radical (unpaired) electrons. The third kappa shape index (κ3) is 2.91. The maximum Gasteiger partial charge on any atom is 0.0832 e. The fourth-order valence-corrected chi connectivity index (χ4v) is 1.98. The Morgan fingerprint density at radius 3 is 2.47 bits per heavy atom. The standard InChI is InChI=1S/C13H17N3O/c1-9-4-12(5-10(2)15-9)13(17)6-11-7-14-16(3)8-11/h4-5,7-8,13,17H,6H2,1-3H3. The highest BCUT2D eigenvalue weighted by Crippen LogP contribution is 2.19. The van der Waals surface area contributed by atoms with Crippen molar-refractivity contribution in [1.82, 2.24) is 14.8 Å². The van der Waals surface area contributed by atoms with Crippen LogP contribution in [0.4, 0.5) is 0 Å². The Morgan fingerprint density at radius 1 is 1.29 bits per heavy atom. The maximum atomic E-state index is 10.2. The lowest BCUT2D eigenvalue weighted by Gasteiger charge is -2.11. The third-order valence-corrected chi connectivity index (χ3v) is 2.68. The molecule has 2 rings (SSSR count). The number of aliphatic hydroxyl groups excluding tert-OH is 1. The molecule has 0 saturated carbocycles. The van der Waals surface area contributed by atoms with Gasteiger partial charge in [-0.1, -0.05) is 0 Å². The molecule has 0 aromatic carbocycles. The average Bonchev–Trinajstić information content (AvgIpc) is 2.62. The number of aliphatic hydroxyl groups is 1. The van der Waals surface area contributed by atoms with Crippen LogP contribution < -0.4 is 0 Å². The topological polar surface area (TPSA) is 50.9 Å². The van der Waals surface area contributed by atoms with Gasteiger partial charge in [-0.15, -0.1) is 0 Å². The summed E-state index contributed by atoms with van der Waals surface area (Å²) in [5, 5.41) is 14.3. The quantitative estimate of drug-likeness (QED) is 0.874. The lowest BCUT2D eigenvalue weighted by Crippen LogP contribution is -2.03. The molecule has 0 amide bonds. The summed E-state index contributed by atoms with van der Waals surface area (Å²) in [6.07, 6.45) is 3.78. The number of pyridine rings is 1. The van der Waals surface area contributed by atoms with E-state index in [1.54, 1.807) is 10.9 Å². The van der Waals surface area contributed by atoms with E-state index in [0.29, 0.717) is 6.42 Å². The summed E-state index contributed by atoms with van der Waals surface area (Å²) < 4.78 is 1.74. The van der Waals surface area contributed by atoms with Crippen molar-refractivity contribution < 1.29 is 5.11 Å². The lowest BCUT2D eigenvalue weighted by molar-refractivity contribution is 0.178. The number of nitrogens with zero attached hydrogens (tertiary/aromatic N) is 3. The van der Waals surface area contributed by atoms with Crippen molar-refractivity contribution in [3.05, 3.63) is 47.0 Å². The maximum absolute atomic E-state index is 10.2. The van der Waals surface area contributed by atoms with E-state index in [0.717, 1.165) is 22.5 Å². The van der Waals surface area contributed by atoms with Crippen molar-refractivity contribution >= 4 is 0 Å². The summed E-state index contributed by atoms with van der Waals surface area (Å²) in [6, 6.07) is 3.85. The van der Waals surface area contributed by atoms with Crippen LogP contribution in [0.1, 0.15) is 28.6 Å². The minimum Gasteiger partial charge on any atom is -0.388 e. The Morgan fingerprint density at radius 2 is 1.94 bits per heavy atom. The number of hydrogen-bond acceptors (Lipinski definition) is 3. The van der Waals surface area contributed by atoms with Gasteiger partial charge in [0.25, 0.3) is 0 Å². The van der Waals surface area contributed by atoms with Crippen LogP contribution in [-0.2, 0) is 13.5 Å². The normalized spacial score (nSPS) is 12.7. The van der Waals surface area contributed by atoms with E-state index in [1.807, 2.05) is 39.2 Å². The highest BCUT2D eigenvalue weighted by Gasteiger charge is 2.11. The van der Waals surface area contributed by atoms with Gasteiger partial charge in [-0.25, -0.2) is 0 Å². The molecule has 4 nitrogen and oxygen atoms in total. The first kappa shape index (κ1) is 11.8. The van der Waals surface area contributed by atoms with Crippen molar-refractivity contribution in [2.24, 2.45) is 7.05 Å². The van der Waals surface area contributed by atoms with Gasteiger partial charge in [0.1, 0.15) is 0 Å². The second-order valence-electron chi connectivity index (χ2n) is 4.43. The first-order chi connectivity index (χ1) is 8.04. The zero-order valence-corrected chi connectivity index (χ0v) is 10.4. The SMILES string of the molecule is Cc1cc(C(O)Cc2cnn(C)c2)cc(C)n1. The van der Waals surface area contributed by atoms with E-state index < -0.39 is 6.10 Å². The number of aryl methyl sites for hydroxylation is 3. The molecule has 0 aliphatic heterocycles. The zero-order valence-electron chi connectivity index (χ0n) is 10.4. The summed E-state index contributed by atoms with van der Waals surface area (Å²) in [6.45, 7) is 3.88. The van der Waals surface area contributed by atoms with Crippen LogP contribution in [0.3, 0.4) is 0 Å². The molecule has 17 heavy (non-hydrogen) atoms. The summed E-state index contributed by atoms with van der Waals surface area (Å²) >= 11 is 0. The van der Waals surface area contributed by atoms with Gasteiger partial charge in [-0.05, 0) is 37.1 Å². The Labute approximate surface area is 101 Å². The van der Waals surface area contributed by atoms with Crippen molar-refractivity contribution in [2.45, 2.75) is 26.4 Å². The Bertz CT molecular complexity index is 499. The number of aromatic nitrogens is 3. The summed E-state index contributed by atoms with van der Waals surface area (Å²) in [5.74, 6) is 0. The van der Waals surface area contributed by atoms with Gasteiger partial charge < -0.3 is 5.11 Å². The van der Waals surface area contributed by atoms with Gasteiger partial charge in [-0.3, -0.25) is 9.67 Å². The molecular formula is C13H17N3O. The van der Waals surface area contributed by atoms with Gasteiger partial charge in [0.2, 0.25) is 0 Å². The molecule has 0 aliphatic carbocycles. The molecule has 2 aromatic heterocycles. The molecule has 0 bridgehead atoms. The van der Waals surface area contributed by atoms with Crippen LogP contribution in [0.25, 0.3) is 0 Å². The van der Waals surface area contributed by atoms with Crippen LogP contribution in [0.15, 0.2) is 24.5 Å². The zero-order chi connectivity index (χ0) is 12.4. The Balaban J connectivity index is 2.16. The second-order valence-corrected chi connectivity index (χ2v) is 4.43. The van der Waals surface area contributed by atoms with Gasteiger partial charge in [0.15, 0.2) is 0 Å². The monoisotopic (exact) mass is 231 g/mol. The van der Waals surface area contributed by atoms with Crippen molar-refractivity contribution in [3.8, 4) is 0 Å². The van der Waals surface area contributed by atoms with Gasteiger partial charge >= 0.3 is 0 Å². The van der Waals surface area contributed by atoms with E-state index in [9.17, 15) is 5.11 Å². The molecule has 0 fully saturated rings. The third-order valence-electron chi connectivity index (χ3n) is 2.68. The van der Waals surface area contributed by atoms with Gasteiger partial charge in [0, 0.05) is 31.1 Å².